The molecule has 5 aliphatic rings. The van der Waals surface area contributed by atoms with Gasteiger partial charge < -0.3 is 14.6 Å². The SMILES string of the molecule is CC(C)C1=C[C@H]2C[C@]3(C=O)[C@@H]4CC[C@@H](C)[C@H]4C[C@@]2(CO[C@@H]2C[C@H](C)N(Cc4ccccc4)C2)[C@]13C(=O)O. The molecular formula is C32H43NO4. The number of nitrogens with zero attached hydrogens (tertiary/aromatic N) is 1. The van der Waals surface area contributed by atoms with E-state index in [1.54, 1.807) is 0 Å². The second-order valence-corrected chi connectivity index (χ2v) is 13.4. The fourth-order valence-corrected chi connectivity index (χ4v) is 10.1. The highest BCUT2D eigenvalue weighted by Gasteiger charge is 2.84. The van der Waals surface area contributed by atoms with E-state index in [0.29, 0.717) is 30.9 Å². The molecule has 1 N–H and O–H groups in total. The molecule has 6 rings (SSSR count). The van der Waals surface area contributed by atoms with Gasteiger partial charge in [-0.2, -0.15) is 0 Å². The lowest BCUT2D eigenvalue weighted by atomic mass is 9.43. The van der Waals surface area contributed by atoms with Crippen LogP contribution < -0.4 is 0 Å². The number of carboxylic acids is 1. The van der Waals surface area contributed by atoms with Crippen molar-refractivity contribution in [1.29, 1.82) is 0 Å². The van der Waals surface area contributed by atoms with Gasteiger partial charge in [0, 0.05) is 24.5 Å². The van der Waals surface area contributed by atoms with Crippen molar-refractivity contribution in [2.45, 2.75) is 78.5 Å². The van der Waals surface area contributed by atoms with E-state index in [-0.39, 0.29) is 23.9 Å². The van der Waals surface area contributed by atoms with Crippen LogP contribution in [-0.4, -0.2) is 47.6 Å². The smallest absolute Gasteiger partial charge is 0.315 e. The summed E-state index contributed by atoms with van der Waals surface area (Å²) < 4.78 is 6.80. The second kappa shape index (κ2) is 8.77. The molecule has 200 valence electrons. The Bertz CT molecular complexity index is 1100. The first kappa shape index (κ1) is 25.3. The van der Waals surface area contributed by atoms with Gasteiger partial charge in [-0.05, 0) is 67.8 Å². The Kier molecular flexibility index (Phi) is 6.00. The molecule has 4 bridgehead atoms. The molecule has 1 aromatic rings. The van der Waals surface area contributed by atoms with Crippen LogP contribution in [0.4, 0.5) is 0 Å². The summed E-state index contributed by atoms with van der Waals surface area (Å²) in [6.45, 7) is 11.0. The molecular weight excluding hydrogens is 462 g/mol. The molecule has 1 aliphatic heterocycles. The molecule has 4 fully saturated rings. The van der Waals surface area contributed by atoms with Gasteiger partial charge in [0.1, 0.15) is 11.7 Å². The maximum Gasteiger partial charge on any atom is 0.315 e. The average molecular weight is 506 g/mol. The minimum atomic E-state index is -1.14. The van der Waals surface area contributed by atoms with Gasteiger partial charge in [0.2, 0.25) is 0 Å². The van der Waals surface area contributed by atoms with Gasteiger partial charge in [0.15, 0.2) is 0 Å². The lowest BCUT2D eigenvalue weighted by molar-refractivity contribution is -0.188. The van der Waals surface area contributed by atoms with E-state index >= 15 is 0 Å². The number of benzene rings is 1. The fourth-order valence-electron chi connectivity index (χ4n) is 10.1. The number of hydrogen-bond donors (Lipinski definition) is 1. The van der Waals surface area contributed by atoms with Crippen LogP contribution in [0.25, 0.3) is 0 Å². The van der Waals surface area contributed by atoms with E-state index in [1.165, 1.54) is 5.56 Å². The highest BCUT2D eigenvalue weighted by atomic mass is 16.5. The summed E-state index contributed by atoms with van der Waals surface area (Å²) in [5.74, 6) is 0.522. The maximum absolute atomic E-state index is 13.6. The number of aliphatic carboxylic acids is 1. The molecule has 0 unspecified atom stereocenters. The first-order valence-electron chi connectivity index (χ1n) is 14.5. The molecule has 1 saturated heterocycles. The van der Waals surface area contributed by atoms with E-state index in [1.807, 2.05) is 0 Å². The Morgan fingerprint density at radius 1 is 1.19 bits per heavy atom. The van der Waals surface area contributed by atoms with Gasteiger partial charge in [0.05, 0.1) is 18.1 Å². The van der Waals surface area contributed by atoms with E-state index in [0.717, 1.165) is 50.6 Å². The summed E-state index contributed by atoms with van der Waals surface area (Å²) in [5, 5.41) is 11.1. The van der Waals surface area contributed by atoms with Crippen LogP contribution in [0.2, 0.25) is 0 Å². The number of carboxylic acid groups (broad SMARTS) is 1. The third-order valence-corrected chi connectivity index (χ3v) is 11.6. The summed E-state index contributed by atoms with van der Waals surface area (Å²) >= 11 is 0. The van der Waals surface area contributed by atoms with Gasteiger partial charge >= 0.3 is 5.97 Å². The van der Waals surface area contributed by atoms with E-state index < -0.39 is 22.2 Å². The van der Waals surface area contributed by atoms with Crippen LogP contribution in [0.5, 0.6) is 0 Å². The lowest BCUT2D eigenvalue weighted by Crippen LogP contribution is -2.63. The van der Waals surface area contributed by atoms with Crippen LogP contribution in [0.3, 0.4) is 0 Å². The third kappa shape index (κ3) is 3.22. The molecule has 1 heterocycles. The Balaban J connectivity index is 1.32. The van der Waals surface area contributed by atoms with Crippen molar-refractivity contribution in [2.75, 3.05) is 13.2 Å². The van der Waals surface area contributed by atoms with E-state index in [2.05, 4.69) is 69.0 Å². The molecule has 0 aromatic heterocycles. The standard InChI is InChI=1S/C32H43NO4/c1-20(2)28-13-24-14-30(18-34)27-11-10-21(3)26(27)15-31(24,32(28,30)29(35)36)19-37-25-12-22(4)33(17-25)16-23-8-6-5-7-9-23/h5-9,13,18,20-22,24-27H,10-12,14-17,19H2,1-4H3,(H,35,36)/t21-,22+,24+,25-,26-,27-,30+,31+,32+/m1/s1. The van der Waals surface area contributed by atoms with Crippen molar-refractivity contribution in [3.05, 3.63) is 47.5 Å². The number of aldehydes is 1. The normalized spacial score (nSPS) is 44.3. The zero-order chi connectivity index (χ0) is 26.2. The summed E-state index contributed by atoms with van der Waals surface area (Å²) in [6.07, 6.45) is 8.05. The number of rotatable bonds is 8. The number of allylic oxidation sites excluding steroid dienone is 1. The summed E-state index contributed by atoms with van der Waals surface area (Å²) in [7, 11) is 0. The molecule has 0 amide bonds. The highest BCUT2D eigenvalue weighted by Crippen LogP contribution is 2.82. The Hall–Kier alpha value is -1.98. The van der Waals surface area contributed by atoms with Crippen molar-refractivity contribution in [3.8, 4) is 0 Å². The van der Waals surface area contributed by atoms with Crippen LogP contribution in [0, 0.1) is 45.8 Å². The quantitative estimate of drug-likeness (QED) is 0.368. The van der Waals surface area contributed by atoms with Crippen molar-refractivity contribution in [3.63, 3.8) is 0 Å². The maximum atomic E-state index is 13.6. The number of ether oxygens (including phenoxy) is 1. The topological polar surface area (TPSA) is 66.8 Å². The fraction of sp³-hybridized carbons (Fsp3) is 0.688. The van der Waals surface area contributed by atoms with Gasteiger partial charge in [-0.25, -0.2) is 0 Å². The predicted octanol–water partition coefficient (Wildman–Crippen LogP) is 5.59. The second-order valence-electron chi connectivity index (χ2n) is 13.4. The van der Waals surface area contributed by atoms with Gasteiger partial charge in [-0.15, -0.1) is 0 Å². The van der Waals surface area contributed by atoms with Crippen LogP contribution in [-0.2, 0) is 20.9 Å². The largest absolute Gasteiger partial charge is 0.481 e. The number of fused-ring (bicyclic) bond motifs is 2. The molecule has 0 spiro atoms. The zero-order valence-corrected chi connectivity index (χ0v) is 22.9. The Morgan fingerprint density at radius 2 is 1.95 bits per heavy atom. The first-order chi connectivity index (χ1) is 17.7. The number of carbonyl (C=O) groups excluding carboxylic acids is 1. The van der Waals surface area contributed by atoms with Crippen molar-refractivity contribution >= 4 is 12.3 Å². The molecule has 4 aliphatic carbocycles. The molecule has 1 aromatic carbocycles. The Morgan fingerprint density at radius 3 is 2.62 bits per heavy atom. The van der Waals surface area contributed by atoms with Gasteiger partial charge in [-0.3, -0.25) is 9.69 Å². The first-order valence-corrected chi connectivity index (χ1v) is 14.5. The Labute approximate surface area is 221 Å². The summed E-state index contributed by atoms with van der Waals surface area (Å²) in [5.41, 5.74) is -0.176. The van der Waals surface area contributed by atoms with Crippen LogP contribution in [0.15, 0.2) is 42.0 Å². The minimum absolute atomic E-state index is 0.0887. The summed E-state index contributed by atoms with van der Waals surface area (Å²) in [6, 6.07) is 11.0. The van der Waals surface area contributed by atoms with Crippen molar-refractivity contribution in [1.82, 2.24) is 4.90 Å². The van der Waals surface area contributed by atoms with Gasteiger partial charge in [-0.1, -0.05) is 69.2 Å². The molecule has 3 saturated carbocycles. The van der Waals surface area contributed by atoms with E-state index in [4.69, 9.17) is 4.74 Å². The lowest BCUT2D eigenvalue weighted by Gasteiger charge is -2.58. The van der Waals surface area contributed by atoms with Gasteiger partial charge in [0.25, 0.3) is 0 Å². The monoisotopic (exact) mass is 505 g/mol. The van der Waals surface area contributed by atoms with Crippen LogP contribution in [0.1, 0.15) is 65.4 Å². The molecule has 9 atom stereocenters. The molecule has 5 nitrogen and oxygen atoms in total. The molecule has 37 heavy (non-hydrogen) atoms. The minimum Gasteiger partial charge on any atom is -0.481 e. The van der Waals surface area contributed by atoms with E-state index in [9.17, 15) is 14.7 Å². The predicted molar refractivity (Wildman–Crippen MR) is 143 cm³/mol. The highest BCUT2D eigenvalue weighted by molar-refractivity contribution is 5.90. The average Bonchev–Trinajstić information content (AvgIpc) is 3.55. The van der Waals surface area contributed by atoms with Crippen LogP contribution >= 0.6 is 0 Å². The molecule has 5 heteroatoms. The molecule has 0 radical (unpaired) electrons. The summed E-state index contributed by atoms with van der Waals surface area (Å²) in [4.78, 5) is 29.3. The zero-order valence-electron chi connectivity index (χ0n) is 22.9. The third-order valence-electron chi connectivity index (χ3n) is 11.6. The number of likely N-dealkylation sites (tertiary alicyclic amines) is 1. The number of carbonyl (C=O) groups is 2. The van der Waals surface area contributed by atoms with Crippen molar-refractivity contribution < 1.29 is 19.4 Å². The number of hydrogen-bond acceptors (Lipinski definition) is 4. The van der Waals surface area contributed by atoms with Crippen molar-refractivity contribution in [2.24, 2.45) is 45.8 Å².